The second kappa shape index (κ2) is 5.52. The maximum atomic E-state index is 10.4. The molecule has 1 aromatic carbocycles. The van der Waals surface area contributed by atoms with Gasteiger partial charge in [-0.25, -0.2) is 0 Å². The molecule has 0 atom stereocenters. The van der Waals surface area contributed by atoms with Crippen LogP contribution in [0.1, 0.15) is 11.3 Å². The van der Waals surface area contributed by atoms with Crippen molar-refractivity contribution in [2.24, 2.45) is 0 Å². The Morgan fingerprint density at radius 3 is 2.78 bits per heavy atom. The first-order chi connectivity index (χ1) is 11.2. The monoisotopic (exact) mass is 306 g/mol. The molecule has 1 aliphatic heterocycles. The summed E-state index contributed by atoms with van der Waals surface area (Å²) in [6.07, 6.45) is 3.57. The lowest BCUT2D eigenvalue weighted by Gasteiger charge is -2.16. The number of aryl methyl sites for hydroxylation is 1. The van der Waals surface area contributed by atoms with E-state index < -0.39 is 0 Å². The summed E-state index contributed by atoms with van der Waals surface area (Å²) >= 11 is 0. The van der Waals surface area contributed by atoms with Crippen molar-refractivity contribution < 1.29 is 5.11 Å². The molecule has 0 unspecified atom stereocenters. The molecule has 1 aliphatic rings. The van der Waals surface area contributed by atoms with E-state index in [0.29, 0.717) is 0 Å². The lowest BCUT2D eigenvalue weighted by Crippen LogP contribution is -2.28. The SMILES string of the molecule is Cc1ccc(-c2nn3c(c2-c2ccncc2)CNCC3)c(O)c1. The Bertz CT molecular complexity index is 855. The predicted molar refractivity (Wildman–Crippen MR) is 89.0 cm³/mol. The first kappa shape index (κ1) is 14.0. The van der Waals surface area contributed by atoms with E-state index in [2.05, 4.69) is 10.3 Å². The van der Waals surface area contributed by atoms with Crippen LogP contribution in [0.2, 0.25) is 0 Å². The van der Waals surface area contributed by atoms with Crippen molar-refractivity contribution in [2.75, 3.05) is 6.54 Å². The predicted octanol–water partition coefficient (Wildman–Crippen LogP) is 2.73. The number of aromatic nitrogens is 3. The van der Waals surface area contributed by atoms with Gasteiger partial charge < -0.3 is 10.4 Å². The summed E-state index contributed by atoms with van der Waals surface area (Å²) in [6.45, 7) is 4.48. The van der Waals surface area contributed by atoms with Gasteiger partial charge in [-0.3, -0.25) is 9.67 Å². The number of benzene rings is 1. The van der Waals surface area contributed by atoms with Crippen LogP contribution in [-0.4, -0.2) is 26.4 Å². The van der Waals surface area contributed by atoms with Crippen molar-refractivity contribution in [1.82, 2.24) is 20.1 Å². The fourth-order valence-electron chi connectivity index (χ4n) is 3.11. The lowest BCUT2D eigenvalue weighted by atomic mass is 9.98. The van der Waals surface area contributed by atoms with Gasteiger partial charge in [0, 0.05) is 36.6 Å². The molecular formula is C18H18N4O. The number of rotatable bonds is 2. The number of aromatic hydroxyl groups is 1. The van der Waals surface area contributed by atoms with Gasteiger partial charge in [0.1, 0.15) is 11.4 Å². The molecule has 4 rings (SSSR count). The normalized spacial score (nSPS) is 13.8. The second-order valence-corrected chi connectivity index (χ2v) is 5.83. The third-order valence-electron chi connectivity index (χ3n) is 4.23. The molecule has 5 heteroatoms. The molecule has 0 amide bonds. The van der Waals surface area contributed by atoms with Crippen LogP contribution >= 0.6 is 0 Å². The number of pyridine rings is 1. The van der Waals surface area contributed by atoms with Gasteiger partial charge in [-0.15, -0.1) is 0 Å². The number of hydrogen-bond donors (Lipinski definition) is 2. The number of fused-ring (bicyclic) bond motifs is 1. The number of phenolic OH excluding ortho intramolecular Hbond substituents is 1. The van der Waals surface area contributed by atoms with E-state index in [9.17, 15) is 5.11 Å². The van der Waals surface area contributed by atoms with Gasteiger partial charge >= 0.3 is 0 Å². The van der Waals surface area contributed by atoms with Crippen LogP contribution in [0.3, 0.4) is 0 Å². The maximum Gasteiger partial charge on any atom is 0.125 e. The summed E-state index contributed by atoms with van der Waals surface area (Å²) in [6, 6.07) is 9.70. The fraction of sp³-hybridized carbons (Fsp3) is 0.222. The van der Waals surface area contributed by atoms with E-state index in [0.717, 1.165) is 53.3 Å². The highest BCUT2D eigenvalue weighted by atomic mass is 16.3. The van der Waals surface area contributed by atoms with E-state index in [1.807, 2.05) is 35.9 Å². The zero-order valence-electron chi connectivity index (χ0n) is 13.0. The highest BCUT2D eigenvalue weighted by Gasteiger charge is 2.23. The molecular weight excluding hydrogens is 288 g/mol. The highest BCUT2D eigenvalue weighted by Crippen LogP contribution is 2.39. The summed E-state index contributed by atoms with van der Waals surface area (Å²) in [7, 11) is 0. The number of phenols is 1. The second-order valence-electron chi connectivity index (χ2n) is 5.83. The molecule has 0 aliphatic carbocycles. The Kier molecular flexibility index (Phi) is 3.35. The average molecular weight is 306 g/mol. The summed E-state index contributed by atoms with van der Waals surface area (Å²) < 4.78 is 2.04. The molecule has 0 radical (unpaired) electrons. The van der Waals surface area contributed by atoms with E-state index in [1.165, 1.54) is 0 Å². The Morgan fingerprint density at radius 1 is 1.17 bits per heavy atom. The molecule has 116 valence electrons. The smallest absolute Gasteiger partial charge is 0.125 e. The van der Waals surface area contributed by atoms with Crippen molar-refractivity contribution in [3.05, 3.63) is 54.0 Å². The zero-order chi connectivity index (χ0) is 15.8. The molecule has 2 N–H and O–H groups in total. The Morgan fingerprint density at radius 2 is 2.00 bits per heavy atom. The molecule has 0 bridgehead atoms. The van der Waals surface area contributed by atoms with E-state index in [4.69, 9.17) is 5.10 Å². The van der Waals surface area contributed by atoms with Gasteiger partial charge in [0.15, 0.2) is 0 Å². The van der Waals surface area contributed by atoms with Crippen molar-refractivity contribution >= 4 is 0 Å². The van der Waals surface area contributed by atoms with Crippen molar-refractivity contribution in [3.8, 4) is 28.1 Å². The molecule has 2 aromatic heterocycles. The lowest BCUT2D eigenvalue weighted by molar-refractivity contribution is 0.472. The minimum Gasteiger partial charge on any atom is -0.507 e. The van der Waals surface area contributed by atoms with Crippen LogP contribution in [0.25, 0.3) is 22.4 Å². The van der Waals surface area contributed by atoms with Gasteiger partial charge in [0.25, 0.3) is 0 Å². The average Bonchev–Trinajstić information content (AvgIpc) is 2.94. The Labute approximate surface area is 134 Å². The van der Waals surface area contributed by atoms with Gasteiger partial charge in [0.05, 0.1) is 12.2 Å². The summed E-state index contributed by atoms with van der Waals surface area (Å²) in [5, 5.41) is 18.6. The minimum atomic E-state index is 0.267. The van der Waals surface area contributed by atoms with E-state index in [1.54, 1.807) is 18.5 Å². The topological polar surface area (TPSA) is 63.0 Å². The van der Waals surface area contributed by atoms with E-state index >= 15 is 0 Å². The highest BCUT2D eigenvalue weighted by molar-refractivity contribution is 5.85. The summed E-state index contributed by atoms with van der Waals surface area (Å²) in [5.41, 5.74) is 5.91. The van der Waals surface area contributed by atoms with Crippen LogP contribution in [0.4, 0.5) is 0 Å². The molecule has 5 nitrogen and oxygen atoms in total. The van der Waals surface area contributed by atoms with Crippen LogP contribution in [0.5, 0.6) is 5.75 Å². The zero-order valence-corrected chi connectivity index (χ0v) is 13.0. The van der Waals surface area contributed by atoms with E-state index in [-0.39, 0.29) is 5.75 Å². The van der Waals surface area contributed by atoms with Crippen LogP contribution in [0.15, 0.2) is 42.7 Å². The molecule has 0 fully saturated rings. The van der Waals surface area contributed by atoms with Gasteiger partial charge in [0.2, 0.25) is 0 Å². The standard InChI is InChI=1S/C18H18N4O/c1-12-2-3-14(16(23)10-12)18-17(13-4-6-19-7-5-13)15-11-20-8-9-22(15)21-18/h2-7,10,20,23H,8-9,11H2,1H3. The molecule has 0 spiro atoms. The first-order valence-corrected chi connectivity index (χ1v) is 7.75. The summed E-state index contributed by atoms with van der Waals surface area (Å²) in [4.78, 5) is 4.11. The quantitative estimate of drug-likeness (QED) is 0.764. The first-order valence-electron chi connectivity index (χ1n) is 7.75. The van der Waals surface area contributed by atoms with Gasteiger partial charge in [-0.1, -0.05) is 6.07 Å². The Balaban J connectivity index is 1.98. The minimum absolute atomic E-state index is 0.267. The number of hydrogen-bond acceptors (Lipinski definition) is 4. The Hall–Kier alpha value is -2.66. The fourth-order valence-corrected chi connectivity index (χ4v) is 3.11. The van der Waals surface area contributed by atoms with Crippen molar-refractivity contribution in [1.29, 1.82) is 0 Å². The number of nitrogens with one attached hydrogen (secondary N) is 1. The van der Waals surface area contributed by atoms with Crippen molar-refractivity contribution in [2.45, 2.75) is 20.0 Å². The summed E-state index contributed by atoms with van der Waals surface area (Å²) in [5.74, 6) is 0.267. The van der Waals surface area contributed by atoms with Crippen LogP contribution < -0.4 is 5.32 Å². The molecule has 3 aromatic rings. The van der Waals surface area contributed by atoms with Gasteiger partial charge in [-0.05, 0) is 42.3 Å². The number of nitrogens with zero attached hydrogens (tertiary/aromatic N) is 3. The maximum absolute atomic E-state index is 10.4. The molecule has 23 heavy (non-hydrogen) atoms. The third-order valence-corrected chi connectivity index (χ3v) is 4.23. The molecule has 3 heterocycles. The molecule has 0 saturated heterocycles. The van der Waals surface area contributed by atoms with Crippen LogP contribution in [-0.2, 0) is 13.1 Å². The molecule has 0 saturated carbocycles. The van der Waals surface area contributed by atoms with Crippen LogP contribution in [0, 0.1) is 6.92 Å². The largest absolute Gasteiger partial charge is 0.507 e. The third kappa shape index (κ3) is 2.39. The van der Waals surface area contributed by atoms with Gasteiger partial charge in [-0.2, -0.15) is 5.10 Å². The van der Waals surface area contributed by atoms with Crippen molar-refractivity contribution in [3.63, 3.8) is 0 Å².